The van der Waals surface area contributed by atoms with Crippen molar-refractivity contribution in [3.63, 3.8) is 0 Å². The van der Waals surface area contributed by atoms with Crippen molar-refractivity contribution in [1.82, 2.24) is 0 Å². The van der Waals surface area contributed by atoms with Gasteiger partial charge in [-0.05, 0) is 26.3 Å². The highest BCUT2D eigenvalue weighted by molar-refractivity contribution is 5.22. The van der Waals surface area contributed by atoms with Crippen LogP contribution in [0.5, 0.6) is 0 Å². The number of benzene rings is 1. The van der Waals surface area contributed by atoms with E-state index in [9.17, 15) is 10.2 Å². The Morgan fingerprint density at radius 1 is 1.06 bits per heavy atom. The van der Waals surface area contributed by atoms with E-state index < -0.39 is 12.2 Å². The molecule has 0 saturated carbocycles. The lowest BCUT2D eigenvalue weighted by atomic mass is 9.96. The van der Waals surface area contributed by atoms with Crippen LogP contribution in [0, 0.1) is 17.3 Å². The summed E-state index contributed by atoms with van der Waals surface area (Å²) in [5.41, 5.74) is 0.510. The largest absolute Gasteiger partial charge is 0.385 e. The molecular weight excluding hydrogens is 200 g/mol. The molecule has 1 rings (SSSR count). The van der Waals surface area contributed by atoms with Gasteiger partial charge in [-0.25, -0.2) is 0 Å². The van der Waals surface area contributed by atoms with E-state index in [0.717, 1.165) is 0 Å². The van der Waals surface area contributed by atoms with Crippen molar-refractivity contribution in [2.45, 2.75) is 33.0 Å². The summed E-state index contributed by atoms with van der Waals surface area (Å²) in [6.07, 6.45) is -1.99. The van der Waals surface area contributed by atoms with Crippen LogP contribution in [0.4, 0.5) is 0 Å². The summed E-state index contributed by atoms with van der Waals surface area (Å²) >= 11 is 0. The van der Waals surface area contributed by atoms with Gasteiger partial charge in [0, 0.05) is 5.41 Å². The first-order chi connectivity index (χ1) is 7.40. The first kappa shape index (κ1) is 12.8. The third kappa shape index (κ3) is 4.06. The molecule has 0 aliphatic heterocycles. The molecule has 1 aromatic rings. The molecule has 0 radical (unpaired) electrons. The summed E-state index contributed by atoms with van der Waals surface area (Å²) in [5, 5.41) is 19.5. The van der Waals surface area contributed by atoms with E-state index in [-0.39, 0.29) is 5.41 Å². The average molecular weight is 218 g/mol. The fourth-order valence-corrected chi connectivity index (χ4v) is 1.20. The molecule has 2 atom stereocenters. The maximum absolute atomic E-state index is 9.83. The SMILES string of the molecule is CC(C)(C)C#CC(O)C(O)c1ccccc1. The molecule has 16 heavy (non-hydrogen) atoms. The maximum atomic E-state index is 9.83. The third-order valence-electron chi connectivity index (χ3n) is 2.04. The van der Waals surface area contributed by atoms with Crippen molar-refractivity contribution in [2.24, 2.45) is 5.41 Å². The summed E-state index contributed by atoms with van der Waals surface area (Å²) in [6.45, 7) is 5.88. The predicted molar refractivity (Wildman–Crippen MR) is 64.6 cm³/mol. The molecule has 0 heterocycles. The molecule has 0 bridgehead atoms. The van der Waals surface area contributed by atoms with Crippen molar-refractivity contribution in [1.29, 1.82) is 0 Å². The fourth-order valence-electron chi connectivity index (χ4n) is 1.20. The standard InChI is InChI=1S/C14H18O2/c1-14(2,3)10-9-12(15)13(16)11-7-5-4-6-8-11/h4-8,12-13,15-16H,1-3H3. The lowest BCUT2D eigenvalue weighted by molar-refractivity contribution is 0.0538. The number of aliphatic hydroxyl groups is 2. The second kappa shape index (κ2) is 5.16. The van der Waals surface area contributed by atoms with Gasteiger partial charge in [-0.3, -0.25) is 0 Å². The first-order valence-corrected chi connectivity index (χ1v) is 5.34. The van der Waals surface area contributed by atoms with Crippen LogP contribution in [0.1, 0.15) is 32.4 Å². The van der Waals surface area contributed by atoms with Crippen LogP contribution in [0.2, 0.25) is 0 Å². The monoisotopic (exact) mass is 218 g/mol. The Bertz CT molecular complexity index is 379. The van der Waals surface area contributed by atoms with E-state index in [1.54, 1.807) is 12.1 Å². The van der Waals surface area contributed by atoms with E-state index in [0.29, 0.717) is 5.56 Å². The Kier molecular flexibility index (Phi) is 4.12. The fraction of sp³-hybridized carbons (Fsp3) is 0.429. The summed E-state index contributed by atoms with van der Waals surface area (Å²) in [7, 11) is 0. The maximum Gasteiger partial charge on any atom is 0.144 e. The van der Waals surface area contributed by atoms with Crippen LogP contribution in [-0.4, -0.2) is 16.3 Å². The lowest BCUT2D eigenvalue weighted by Crippen LogP contribution is -2.16. The molecule has 0 saturated heterocycles. The molecule has 2 unspecified atom stereocenters. The van der Waals surface area contributed by atoms with Crippen LogP contribution in [0.15, 0.2) is 30.3 Å². The highest BCUT2D eigenvalue weighted by atomic mass is 16.3. The van der Waals surface area contributed by atoms with Gasteiger partial charge in [-0.15, -0.1) is 0 Å². The minimum atomic E-state index is -1.04. The number of aliphatic hydroxyl groups excluding tert-OH is 2. The Morgan fingerprint density at radius 2 is 1.62 bits per heavy atom. The number of hydrogen-bond acceptors (Lipinski definition) is 2. The van der Waals surface area contributed by atoms with Gasteiger partial charge in [0.25, 0.3) is 0 Å². The Labute approximate surface area is 96.9 Å². The van der Waals surface area contributed by atoms with Crippen LogP contribution in [0.3, 0.4) is 0 Å². The van der Waals surface area contributed by atoms with Crippen molar-refractivity contribution in [2.75, 3.05) is 0 Å². The quantitative estimate of drug-likeness (QED) is 0.747. The van der Waals surface area contributed by atoms with E-state index in [4.69, 9.17) is 0 Å². The molecule has 2 heteroatoms. The molecule has 0 aliphatic rings. The number of hydrogen-bond donors (Lipinski definition) is 2. The summed E-state index contributed by atoms with van der Waals surface area (Å²) < 4.78 is 0. The topological polar surface area (TPSA) is 40.5 Å². The highest BCUT2D eigenvalue weighted by Gasteiger charge is 2.16. The Balaban J connectivity index is 2.75. The van der Waals surface area contributed by atoms with Gasteiger partial charge in [-0.1, -0.05) is 42.2 Å². The molecule has 0 spiro atoms. The Hall–Kier alpha value is -1.30. The lowest BCUT2D eigenvalue weighted by Gasteiger charge is -2.14. The summed E-state index contributed by atoms with van der Waals surface area (Å²) in [6, 6.07) is 9.05. The Morgan fingerprint density at radius 3 is 2.12 bits per heavy atom. The highest BCUT2D eigenvalue weighted by Crippen LogP contribution is 2.17. The smallest absolute Gasteiger partial charge is 0.144 e. The van der Waals surface area contributed by atoms with Gasteiger partial charge >= 0.3 is 0 Å². The molecular formula is C14H18O2. The summed E-state index contributed by atoms with van der Waals surface area (Å²) in [5.74, 6) is 5.59. The van der Waals surface area contributed by atoms with Gasteiger partial charge in [0.15, 0.2) is 0 Å². The molecule has 86 valence electrons. The second-order valence-corrected chi connectivity index (χ2v) is 4.82. The van der Waals surface area contributed by atoms with Gasteiger partial charge in [0.1, 0.15) is 12.2 Å². The van der Waals surface area contributed by atoms with E-state index in [1.807, 2.05) is 39.0 Å². The van der Waals surface area contributed by atoms with Crippen LogP contribution < -0.4 is 0 Å². The first-order valence-electron chi connectivity index (χ1n) is 5.34. The van der Waals surface area contributed by atoms with Gasteiger partial charge in [0.2, 0.25) is 0 Å². The zero-order valence-corrected chi connectivity index (χ0v) is 9.94. The van der Waals surface area contributed by atoms with Gasteiger partial charge in [0.05, 0.1) is 0 Å². The van der Waals surface area contributed by atoms with Crippen molar-refractivity contribution in [3.05, 3.63) is 35.9 Å². The third-order valence-corrected chi connectivity index (χ3v) is 2.04. The van der Waals surface area contributed by atoms with Crippen LogP contribution in [-0.2, 0) is 0 Å². The van der Waals surface area contributed by atoms with E-state index in [2.05, 4.69) is 11.8 Å². The minimum absolute atomic E-state index is 0.169. The second-order valence-electron chi connectivity index (χ2n) is 4.82. The normalized spacial score (nSPS) is 14.8. The molecule has 0 aliphatic carbocycles. The molecule has 0 aromatic heterocycles. The molecule has 0 fully saturated rings. The van der Waals surface area contributed by atoms with Crippen molar-refractivity contribution in [3.8, 4) is 11.8 Å². The van der Waals surface area contributed by atoms with E-state index >= 15 is 0 Å². The predicted octanol–water partition coefficient (Wildman–Crippen LogP) is 2.13. The molecule has 0 amide bonds. The zero-order valence-electron chi connectivity index (χ0n) is 9.94. The van der Waals surface area contributed by atoms with Crippen LogP contribution >= 0.6 is 0 Å². The molecule has 2 N–H and O–H groups in total. The van der Waals surface area contributed by atoms with Gasteiger partial charge in [-0.2, -0.15) is 0 Å². The molecule has 1 aromatic carbocycles. The van der Waals surface area contributed by atoms with Gasteiger partial charge < -0.3 is 10.2 Å². The summed E-state index contributed by atoms with van der Waals surface area (Å²) in [4.78, 5) is 0. The number of rotatable bonds is 2. The minimum Gasteiger partial charge on any atom is -0.385 e. The van der Waals surface area contributed by atoms with E-state index in [1.165, 1.54) is 0 Å². The zero-order chi connectivity index (χ0) is 12.2. The van der Waals surface area contributed by atoms with Crippen LogP contribution in [0.25, 0.3) is 0 Å². The van der Waals surface area contributed by atoms with Crippen molar-refractivity contribution >= 4 is 0 Å². The average Bonchev–Trinajstić information content (AvgIpc) is 2.25. The van der Waals surface area contributed by atoms with Crippen molar-refractivity contribution < 1.29 is 10.2 Å². The molecule has 2 nitrogen and oxygen atoms in total.